The maximum absolute atomic E-state index is 12.6. The first kappa shape index (κ1) is 22.0. The summed E-state index contributed by atoms with van der Waals surface area (Å²) in [6.45, 7) is 1.57. The first-order valence-electron chi connectivity index (χ1n) is 10.2. The Balaban J connectivity index is 1.66. The van der Waals surface area contributed by atoms with Crippen LogP contribution >= 0.6 is 0 Å². The number of amides is 1. The van der Waals surface area contributed by atoms with E-state index < -0.39 is 5.56 Å². The van der Waals surface area contributed by atoms with Crippen LogP contribution in [0.4, 0.5) is 17.3 Å². The molecule has 0 aliphatic carbocycles. The molecule has 0 atom stereocenters. The third-order valence-corrected chi connectivity index (χ3v) is 4.68. The molecule has 3 rings (SSSR count). The maximum Gasteiger partial charge on any atom is 0.271 e. The van der Waals surface area contributed by atoms with Crippen molar-refractivity contribution >= 4 is 23.2 Å². The van der Waals surface area contributed by atoms with Crippen LogP contribution in [-0.2, 0) is 0 Å². The van der Waals surface area contributed by atoms with Crippen LogP contribution < -0.4 is 27.2 Å². The van der Waals surface area contributed by atoms with Crippen molar-refractivity contribution in [3.8, 4) is 11.3 Å². The highest BCUT2D eigenvalue weighted by molar-refractivity contribution is 6.04. The van der Waals surface area contributed by atoms with Gasteiger partial charge in [-0.1, -0.05) is 6.42 Å². The molecule has 6 N–H and O–H groups in total. The number of unbranched alkanes of at least 4 members (excludes halogenated alkanes) is 2. The summed E-state index contributed by atoms with van der Waals surface area (Å²) >= 11 is 0. The largest absolute Gasteiger partial charge is 0.385 e. The molecule has 3 aromatic rings. The summed E-state index contributed by atoms with van der Waals surface area (Å²) < 4.78 is 0. The second-order valence-corrected chi connectivity index (χ2v) is 6.95. The second-order valence-electron chi connectivity index (χ2n) is 6.95. The minimum Gasteiger partial charge on any atom is -0.385 e. The number of hydrogen-bond acceptors (Lipinski definition) is 7. The topological polar surface area (TPSA) is 138 Å². The molecule has 9 nitrogen and oxygen atoms in total. The van der Waals surface area contributed by atoms with Crippen LogP contribution in [0.3, 0.4) is 0 Å². The summed E-state index contributed by atoms with van der Waals surface area (Å²) in [5.74, 6) is 0.0955. The first-order chi connectivity index (χ1) is 15.1. The maximum atomic E-state index is 12.6. The molecule has 0 saturated carbocycles. The fourth-order valence-corrected chi connectivity index (χ4v) is 2.98. The average molecular weight is 422 g/mol. The van der Waals surface area contributed by atoms with Crippen LogP contribution in [0, 0.1) is 0 Å². The van der Waals surface area contributed by atoms with Gasteiger partial charge in [0.2, 0.25) is 5.95 Å². The summed E-state index contributed by atoms with van der Waals surface area (Å²) in [6, 6.07) is 10.5. The minimum atomic E-state index is -0.393. The van der Waals surface area contributed by atoms with Gasteiger partial charge in [0.1, 0.15) is 5.69 Å². The van der Waals surface area contributed by atoms with E-state index in [4.69, 9.17) is 5.73 Å². The van der Waals surface area contributed by atoms with E-state index in [2.05, 4.69) is 30.9 Å². The summed E-state index contributed by atoms with van der Waals surface area (Å²) in [5.41, 5.74) is 7.92. The Morgan fingerprint density at radius 2 is 1.94 bits per heavy atom. The molecule has 0 saturated heterocycles. The highest BCUT2D eigenvalue weighted by Crippen LogP contribution is 2.19. The lowest BCUT2D eigenvalue weighted by molar-refractivity contribution is 0.102. The van der Waals surface area contributed by atoms with E-state index in [1.54, 1.807) is 43.7 Å². The molecule has 0 radical (unpaired) electrons. The fourth-order valence-electron chi connectivity index (χ4n) is 2.98. The molecule has 2 heterocycles. The van der Waals surface area contributed by atoms with Crippen LogP contribution in [0.5, 0.6) is 0 Å². The van der Waals surface area contributed by atoms with Gasteiger partial charge in [-0.25, -0.2) is 9.97 Å². The predicted molar refractivity (Wildman–Crippen MR) is 123 cm³/mol. The number of hydrogen-bond donors (Lipinski definition) is 5. The quantitative estimate of drug-likeness (QED) is 0.317. The molecule has 0 unspecified atom stereocenters. The zero-order chi connectivity index (χ0) is 22.1. The number of carbonyl (C=O) groups is 1. The lowest BCUT2D eigenvalue weighted by atomic mass is 10.1. The first-order valence-corrected chi connectivity index (χ1v) is 10.2. The fraction of sp³-hybridized carbons (Fsp3) is 0.273. The molecular weight excluding hydrogens is 394 g/mol. The Labute approximate surface area is 180 Å². The van der Waals surface area contributed by atoms with Crippen molar-refractivity contribution in [1.82, 2.24) is 15.0 Å². The monoisotopic (exact) mass is 421 g/mol. The Bertz CT molecular complexity index is 1060. The normalized spacial score (nSPS) is 10.5. The van der Waals surface area contributed by atoms with Gasteiger partial charge in [-0.3, -0.25) is 9.59 Å². The van der Waals surface area contributed by atoms with E-state index in [9.17, 15) is 9.59 Å². The Hall–Kier alpha value is -3.72. The van der Waals surface area contributed by atoms with Gasteiger partial charge in [0.25, 0.3) is 11.5 Å². The van der Waals surface area contributed by atoms with Gasteiger partial charge in [0.15, 0.2) is 0 Å². The highest BCUT2D eigenvalue weighted by Gasteiger charge is 2.11. The Kier molecular flexibility index (Phi) is 7.72. The Morgan fingerprint density at radius 3 is 2.68 bits per heavy atom. The number of benzene rings is 1. The van der Waals surface area contributed by atoms with E-state index in [0.717, 1.165) is 31.5 Å². The lowest BCUT2D eigenvalue weighted by Crippen LogP contribution is -2.19. The van der Waals surface area contributed by atoms with Gasteiger partial charge < -0.3 is 26.7 Å². The zero-order valence-electron chi connectivity index (χ0n) is 17.4. The standard InChI is InChI=1S/C22H27N7O2/c1-24-22-26-12-9-18(29-22)16-13-19(21(31)27-14-16)28-20(30)15-5-7-17(8-6-15)25-11-4-2-3-10-23/h5-9,12-14,25H,2-4,10-11,23H2,1H3,(H,27,31)(H,28,30)(H,24,26,29). The smallest absolute Gasteiger partial charge is 0.271 e. The zero-order valence-corrected chi connectivity index (χ0v) is 17.4. The molecule has 0 aliphatic rings. The van der Waals surface area contributed by atoms with Gasteiger partial charge in [-0.2, -0.15) is 0 Å². The number of anilines is 3. The van der Waals surface area contributed by atoms with Gasteiger partial charge in [0.05, 0.1) is 5.69 Å². The summed E-state index contributed by atoms with van der Waals surface area (Å²) in [5, 5.41) is 8.86. The molecule has 0 aliphatic heterocycles. The predicted octanol–water partition coefficient (Wildman–Crippen LogP) is 2.67. The molecule has 0 spiro atoms. The van der Waals surface area contributed by atoms with E-state index in [1.807, 2.05) is 12.1 Å². The number of carbonyl (C=O) groups excluding carboxylic acids is 1. The number of nitrogens with one attached hydrogen (secondary N) is 4. The average Bonchev–Trinajstić information content (AvgIpc) is 2.80. The summed E-state index contributed by atoms with van der Waals surface area (Å²) in [4.78, 5) is 35.9. The molecule has 2 aromatic heterocycles. The van der Waals surface area contributed by atoms with Crippen molar-refractivity contribution < 1.29 is 4.79 Å². The van der Waals surface area contributed by atoms with E-state index in [0.29, 0.717) is 29.3 Å². The molecule has 1 aromatic carbocycles. The van der Waals surface area contributed by atoms with Crippen molar-refractivity contribution in [3.63, 3.8) is 0 Å². The molecule has 31 heavy (non-hydrogen) atoms. The van der Waals surface area contributed by atoms with E-state index in [1.165, 1.54) is 0 Å². The molecular formula is C22H27N7O2. The van der Waals surface area contributed by atoms with Crippen molar-refractivity contribution in [3.05, 3.63) is 64.7 Å². The van der Waals surface area contributed by atoms with Gasteiger partial charge >= 0.3 is 0 Å². The molecule has 1 amide bonds. The number of nitrogens with zero attached hydrogens (tertiary/aromatic N) is 2. The molecule has 0 bridgehead atoms. The van der Waals surface area contributed by atoms with Crippen molar-refractivity contribution in [2.75, 3.05) is 36.1 Å². The Morgan fingerprint density at radius 1 is 1.13 bits per heavy atom. The van der Waals surface area contributed by atoms with E-state index >= 15 is 0 Å². The SMILES string of the molecule is CNc1nccc(-c2c[nH]c(=O)c(NC(=O)c3ccc(NCCCCCN)cc3)c2)n1. The number of rotatable bonds is 10. The third-order valence-electron chi connectivity index (χ3n) is 4.68. The van der Waals surface area contributed by atoms with E-state index in [-0.39, 0.29) is 11.6 Å². The van der Waals surface area contributed by atoms with Crippen LogP contribution in [0.15, 0.2) is 53.6 Å². The number of H-pyrrole nitrogens is 1. The third kappa shape index (κ3) is 6.13. The van der Waals surface area contributed by atoms with Crippen molar-refractivity contribution in [2.45, 2.75) is 19.3 Å². The lowest BCUT2D eigenvalue weighted by Gasteiger charge is -2.09. The summed E-state index contributed by atoms with van der Waals surface area (Å²) in [7, 11) is 1.72. The number of nitrogens with two attached hydrogens (primary N) is 1. The van der Waals surface area contributed by atoms with Crippen LogP contribution in [0.25, 0.3) is 11.3 Å². The summed E-state index contributed by atoms with van der Waals surface area (Å²) in [6.07, 6.45) is 6.32. The van der Waals surface area contributed by atoms with Gasteiger partial charge in [-0.15, -0.1) is 0 Å². The minimum absolute atomic E-state index is 0.147. The number of aromatic nitrogens is 3. The van der Waals surface area contributed by atoms with Crippen LogP contribution in [0.2, 0.25) is 0 Å². The molecule has 0 fully saturated rings. The van der Waals surface area contributed by atoms with Gasteiger partial charge in [0, 0.05) is 42.8 Å². The second kappa shape index (κ2) is 10.9. The molecule has 9 heteroatoms. The van der Waals surface area contributed by atoms with Gasteiger partial charge in [-0.05, 0) is 55.8 Å². The number of pyridine rings is 1. The van der Waals surface area contributed by atoms with Crippen molar-refractivity contribution in [1.29, 1.82) is 0 Å². The number of aromatic amines is 1. The van der Waals surface area contributed by atoms with Crippen LogP contribution in [0.1, 0.15) is 29.6 Å². The van der Waals surface area contributed by atoms with Crippen LogP contribution in [-0.4, -0.2) is 41.0 Å². The highest BCUT2D eigenvalue weighted by atomic mass is 16.2. The molecule has 162 valence electrons. The van der Waals surface area contributed by atoms with Crippen molar-refractivity contribution in [2.24, 2.45) is 5.73 Å².